The molecule has 5 aromatic rings. The van der Waals surface area contributed by atoms with Gasteiger partial charge >= 0.3 is 5.97 Å². The number of para-hydroxylation sites is 2. The van der Waals surface area contributed by atoms with Crippen LogP contribution in [0.2, 0.25) is 10.0 Å². The van der Waals surface area contributed by atoms with Crippen molar-refractivity contribution in [3.63, 3.8) is 0 Å². The molecule has 0 N–H and O–H groups in total. The maximum absolute atomic E-state index is 12.3. The van der Waals surface area contributed by atoms with Crippen LogP contribution < -0.4 is 9.47 Å². The van der Waals surface area contributed by atoms with Gasteiger partial charge < -0.3 is 14.0 Å². The lowest BCUT2D eigenvalue weighted by molar-refractivity contribution is -0.136. The van der Waals surface area contributed by atoms with Crippen molar-refractivity contribution in [3.8, 4) is 22.9 Å². The molecular formula is C28H20Cl2N2O3. The Morgan fingerprint density at radius 2 is 1.60 bits per heavy atom. The van der Waals surface area contributed by atoms with E-state index >= 15 is 0 Å². The monoisotopic (exact) mass is 502 g/mol. The largest absolute Gasteiger partial charge is 0.480 e. The Morgan fingerprint density at radius 3 is 2.37 bits per heavy atom. The van der Waals surface area contributed by atoms with Gasteiger partial charge in [-0.25, -0.2) is 9.78 Å². The number of carbonyl (C=O) groups excluding carboxylic acids is 1. The minimum atomic E-state index is -0.542. The molecule has 0 spiro atoms. The minimum Gasteiger partial charge on any atom is -0.480 e. The highest BCUT2D eigenvalue weighted by atomic mass is 35.5. The van der Waals surface area contributed by atoms with Gasteiger partial charge in [-0.2, -0.15) is 0 Å². The SMILES string of the molecule is O=C(COc1ccc(Cl)cc1Cl)Oc1ccc(-c2nc3ccccc3n2Cc2ccccc2)cc1. The van der Waals surface area contributed by atoms with E-state index in [2.05, 4.69) is 22.8 Å². The summed E-state index contributed by atoms with van der Waals surface area (Å²) in [6, 6.07) is 30.4. The average Bonchev–Trinajstić information content (AvgIpc) is 3.23. The molecule has 0 saturated carbocycles. The van der Waals surface area contributed by atoms with E-state index in [0.717, 1.165) is 22.4 Å². The normalized spacial score (nSPS) is 10.9. The van der Waals surface area contributed by atoms with Crippen molar-refractivity contribution >= 4 is 40.2 Å². The third kappa shape index (κ3) is 5.32. The molecular weight excluding hydrogens is 483 g/mol. The number of carbonyl (C=O) groups is 1. The van der Waals surface area contributed by atoms with Crippen molar-refractivity contribution in [1.82, 2.24) is 9.55 Å². The predicted molar refractivity (Wildman–Crippen MR) is 138 cm³/mol. The maximum atomic E-state index is 12.3. The van der Waals surface area contributed by atoms with E-state index < -0.39 is 5.97 Å². The molecule has 35 heavy (non-hydrogen) atoms. The summed E-state index contributed by atoms with van der Waals surface area (Å²) in [4.78, 5) is 17.1. The Kier molecular flexibility index (Phi) is 6.70. The fourth-order valence-electron chi connectivity index (χ4n) is 3.78. The Hall–Kier alpha value is -3.80. The second-order valence-corrected chi connectivity index (χ2v) is 8.70. The number of aromatic nitrogens is 2. The molecule has 0 aliphatic rings. The Balaban J connectivity index is 1.32. The van der Waals surface area contributed by atoms with Gasteiger partial charge in [-0.05, 0) is 60.2 Å². The van der Waals surface area contributed by atoms with Crippen LogP contribution in [0.5, 0.6) is 11.5 Å². The molecule has 0 fully saturated rings. The van der Waals surface area contributed by atoms with Crippen LogP contribution in [-0.4, -0.2) is 22.1 Å². The summed E-state index contributed by atoms with van der Waals surface area (Å²) in [5.41, 5.74) is 4.08. The van der Waals surface area contributed by atoms with Gasteiger partial charge in [0.15, 0.2) is 6.61 Å². The van der Waals surface area contributed by atoms with Crippen LogP contribution in [0.15, 0.2) is 97.1 Å². The second-order valence-electron chi connectivity index (χ2n) is 7.86. The summed E-state index contributed by atoms with van der Waals surface area (Å²) >= 11 is 12.0. The molecule has 5 rings (SSSR count). The first-order valence-corrected chi connectivity index (χ1v) is 11.7. The van der Waals surface area contributed by atoms with Gasteiger partial charge in [0.2, 0.25) is 0 Å². The molecule has 0 aliphatic carbocycles. The number of hydrogen-bond donors (Lipinski definition) is 0. The number of halogens is 2. The summed E-state index contributed by atoms with van der Waals surface area (Å²) in [5.74, 6) is 1.07. The molecule has 7 heteroatoms. The van der Waals surface area contributed by atoms with Crippen LogP contribution in [0.4, 0.5) is 0 Å². The van der Waals surface area contributed by atoms with Gasteiger partial charge in [-0.3, -0.25) is 0 Å². The van der Waals surface area contributed by atoms with Crippen LogP contribution in [0.3, 0.4) is 0 Å². The molecule has 1 heterocycles. The van der Waals surface area contributed by atoms with Gasteiger partial charge in [0, 0.05) is 17.1 Å². The van der Waals surface area contributed by atoms with Crippen LogP contribution in [0, 0.1) is 0 Å². The number of fused-ring (bicyclic) bond motifs is 1. The Bertz CT molecular complexity index is 1480. The summed E-state index contributed by atoms with van der Waals surface area (Å²) in [6.07, 6.45) is 0. The van der Waals surface area contributed by atoms with Crippen molar-refractivity contribution in [3.05, 3.63) is 113 Å². The molecule has 0 bridgehead atoms. The van der Waals surface area contributed by atoms with Crippen molar-refractivity contribution in [2.75, 3.05) is 6.61 Å². The van der Waals surface area contributed by atoms with E-state index in [0.29, 0.717) is 28.1 Å². The van der Waals surface area contributed by atoms with Crippen molar-refractivity contribution in [1.29, 1.82) is 0 Å². The molecule has 174 valence electrons. The number of nitrogens with zero attached hydrogens (tertiary/aromatic N) is 2. The molecule has 0 radical (unpaired) electrons. The van der Waals surface area contributed by atoms with Gasteiger partial charge in [-0.15, -0.1) is 0 Å². The summed E-state index contributed by atoms with van der Waals surface area (Å²) in [7, 11) is 0. The van der Waals surface area contributed by atoms with Gasteiger partial charge in [0.1, 0.15) is 17.3 Å². The van der Waals surface area contributed by atoms with E-state index in [-0.39, 0.29) is 6.61 Å². The van der Waals surface area contributed by atoms with Gasteiger partial charge in [0.25, 0.3) is 0 Å². The zero-order valence-electron chi connectivity index (χ0n) is 18.5. The van der Waals surface area contributed by atoms with E-state index in [9.17, 15) is 4.79 Å². The highest BCUT2D eigenvalue weighted by Gasteiger charge is 2.14. The molecule has 0 saturated heterocycles. The maximum Gasteiger partial charge on any atom is 0.349 e. The highest BCUT2D eigenvalue weighted by Crippen LogP contribution is 2.29. The quantitative estimate of drug-likeness (QED) is 0.177. The third-order valence-electron chi connectivity index (χ3n) is 5.42. The summed E-state index contributed by atoms with van der Waals surface area (Å²) in [5, 5.41) is 0.815. The first kappa shape index (κ1) is 23.0. The number of esters is 1. The van der Waals surface area contributed by atoms with Crippen molar-refractivity contribution < 1.29 is 14.3 Å². The van der Waals surface area contributed by atoms with Gasteiger partial charge in [0.05, 0.1) is 16.1 Å². The average molecular weight is 503 g/mol. The number of hydrogen-bond acceptors (Lipinski definition) is 4. The smallest absolute Gasteiger partial charge is 0.349 e. The Morgan fingerprint density at radius 1 is 0.857 bits per heavy atom. The number of benzene rings is 4. The standard InChI is InChI=1S/C28H20Cl2N2O3/c29-21-12-15-26(23(30)16-21)34-18-27(33)35-22-13-10-20(11-14-22)28-31-24-8-4-5-9-25(24)32(28)17-19-6-2-1-3-7-19/h1-16H,17-18H2. The highest BCUT2D eigenvalue weighted by molar-refractivity contribution is 6.35. The lowest BCUT2D eigenvalue weighted by atomic mass is 10.2. The topological polar surface area (TPSA) is 53.4 Å². The first-order valence-electron chi connectivity index (χ1n) is 10.9. The lowest BCUT2D eigenvalue weighted by Gasteiger charge is -2.11. The van der Waals surface area contributed by atoms with E-state index in [1.165, 1.54) is 5.56 Å². The van der Waals surface area contributed by atoms with E-state index in [1.54, 1.807) is 30.3 Å². The van der Waals surface area contributed by atoms with Gasteiger partial charge in [-0.1, -0.05) is 65.7 Å². The lowest BCUT2D eigenvalue weighted by Crippen LogP contribution is -2.17. The van der Waals surface area contributed by atoms with Crippen LogP contribution in [0.1, 0.15) is 5.56 Å². The minimum absolute atomic E-state index is 0.282. The summed E-state index contributed by atoms with van der Waals surface area (Å²) < 4.78 is 13.1. The molecule has 1 aromatic heterocycles. The predicted octanol–water partition coefficient (Wildman–Crippen LogP) is 7.04. The fourth-order valence-corrected chi connectivity index (χ4v) is 4.25. The first-order chi connectivity index (χ1) is 17.1. The zero-order chi connectivity index (χ0) is 24.2. The van der Waals surface area contributed by atoms with Crippen molar-refractivity contribution in [2.24, 2.45) is 0 Å². The van der Waals surface area contributed by atoms with Crippen LogP contribution in [-0.2, 0) is 11.3 Å². The molecule has 0 aliphatic heterocycles. The number of rotatable bonds is 7. The van der Waals surface area contributed by atoms with E-state index in [1.807, 2.05) is 48.5 Å². The van der Waals surface area contributed by atoms with E-state index in [4.69, 9.17) is 37.7 Å². The van der Waals surface area contributed by atoms with Crippen LogP contribution >= 0.6 is 23.2 Å². The second kappa shape index (κ2) is 10.2. The fraction of sp³-hybridized carbons (Fsp3) is 0.0714. The van der Waals surface area contributed by atoms with Crippen molar-refractivity contribution in [2.45, 2.75) is 6.54 Å². The zero-order valence-corrected chi connectivity index (χ0v) is 20.0. The van der Waals surface area contributed by atoms with Crippen LogP contribution in [0.25, 0.3) is 22.4 Å². The molecule has 5 nitrogen and oxygen atoms in total. The molecule has 0 unspecified atom stereocenters. The number of ether oxygens (including phenoxy) is 2. The molecule has 4 aromatic carbocycles. The number of imidazole rings is 1. The Labute approximate surface area is 212 Å². The third-order valence-corrected chi connectivity index (χ3v) is 5.95. The molecule has 0 atom stereocenters. The summed E-state index contributed by atoms with van der Waals surface area (Å²) in [6.45, 7) is 0.411. The molecule has 0 amide bonds.